The van der Waals surface area contributed by atoms with Crippen LogP contribution in [-0.2, 0) is 6.42 Å². The molecule has 0 aliphatic carbocycles. The van der Waals surface area contributed by atoms with Gasteiger partial charge in [0.1, 0.15) is 0 Å². The van der Waals surface area contributed by atoms with Crippen molar-refractivity contribution in [1.82, 2.24) is 4.98 Å². The van der Waals surface area contributed by atoms with Crippen molar-refractivity contribution in [2.45, 2.75) is 6.42 Å². The van der Waals surface area contributed by atoms with Crippen LogP contribution in [0.4, 0.5) is 5.69 Å². The molecule has 84 valence electrons. The van der Waals surface area contributed by atoms with Gasteiger partial charge in [-0.3, -0.25) is 4.98 Å². The van der Waals surface area contributed by atoms with Crippen molar-refractivity contribution in [3.05, 3.63) is 59.9 Å². The predicted octanol–water partition coefficient (Wildman–Crippen LogP) is 2.72. The molecule has 1 N–H and O–H groups in total. The molecule has 0 saturated carbocycles. The standard InChI is InChI=1S/C15H14N2/c1-2-13-5-3-7-15(11-13)17-10-8-14-6-4-9-16-12-14/h1,3-7,9,11-12,17H,8,10H2. The van der Waals surface area contributed by atoms with Crippen LogP contribution < -0.4 is 5.32 Å². The Morgan fingerprint density at radius 2 is 2.18 bits per heavy atom. The number of nitrogens with zero attached hydrogens (tertiary/aromatic N) is 1. The summed E-state index contributed by atoms with van der Waals surface area (Å²) in [5.41, 5.74) is 3.19. The SMILES string of the molecule is C#Cc1cccc(NCCc2cccnc2)c1. The first kappa shape index (κ1) is 11.2. The summed E-state index contributed by atoms with van der Waals surface area (Å²) in [7, 11) is 0. The molecule has 0 amide bonds. The van der Waals surface area contributed by atoms with Crippen LogP contribution >= 0.6 is 0 Å². The zero-order valence-corrected chi connectivity index (χ0v) is 9.56. The van der Waals surface area contributed by atoms with Gasteiger partial charge in [-0.15, -0.1) is 6.42 Å². The van der Waals surface area contributed by atoms with Crippen LogP contribution in [0.5, 0.6) is 0 Å². The third-order valence-electron chi connectivity index (χ3n) is 2.49. The second-order valence-electron chi connectivity index (χ2n) is 3.76. The van der Waals surface area contributed by atoms with E-state index >= 15 is 0 Å². The van der Waals surface area contributed by atoms with Crippen molar-refractivity contribution in [3.8, 4) is 12.3 Å². The minimum atomic E-state index is 0.875. The van der Waals surface area contributed by atoms with Gasteiger partial charge in [0, 0.05) is 30.2 Å². The lowest BCUT2D eigenvalue weighted by Crippen LogP contribution is -2.04. The lowest BCUT2D eigenvalue weighted by molar-refractivity contribution is 1.00. The molecule has 0 fully saturated rings. The molecule has 0 saturated heterocycles. The number of terminal acetylenes is 1. The predicted molar refractivity (Wildman–Crippen MR) is 70.8 cm³/mol. The van der Waals surface area contributed by atoms with E-state index in [1.807, 2.05) is 36.5 Å². The molecule has 0 radical (unpaired) electrons. The molecule has 2 aromatic rings. The van der Waals surface area contributed by atoms with Crippen LogP contribution in [-0.4, -0.2) is 11.5 Å². The fraction of sp³-hybridized carbons (Fsp3) is 0.133. The fourth-order valence-electron chi connectivity index (χ4n) is 1.62. The van der Waals surface area contributed by atoms with E-state index in [4.69, 9.17) is 6.42 Å². The third-order valence-corrected chi connectivity index (χ3v) is 2.49. The first-order valence-electron chi connectivity index (χ1n) is 5.58. The first-order chi connectivity index (χ1) is 8.38. The molecular formula is C15H14N2. The highest BCUT2D eigenvalue weighted by atomic mass is 14.9. The smallest absolute Gasteiger partial charge is 0.0352 e. The second-order valence-corrected chi connectivity index (χ2v) is 3.76. The number of hydrogen-bond donors (Lipinski definition) is 1. The molecule has 0 aliphatic rings. The normalized spacial score (nSPS) is 9.59. The molecule has 1 heterocycles. The van der Waals surface area contributed by atoms with Crippen LogP contribution in [0.15, 0.2) is 48.8 Å². The number of anilines is 1. The van der Waals surface area contributed by atoms with Crippen LogP contribution in [0, 0.1) is 12.3 Å². The molecule has 0 bridgehead atoms. The summed E-state index contributed by atoms with van der Waals surface area (Å²) >= 11 is 0. The van der Waals surface area contributed by atoms with Crippen molar-refractivity contribution in [1.29, 1.82) is 0 Å². The highest BCUT2D eigenvalue weighted by Crippen LogP contribution is 2.09. The Balaban J connectivity index is 1.88. The quantitative estimate of drug-likeness (QED) is 0.804. The summed E-state index contributed by atoms with van der Waals surface area (Å²) in [6.45, 7) is 0.875. The summed E-state index contributed by atoms with van der Waals surface area (Å²) in [4.78, 5) is 4.08. The molecule has 2 rings (SSSR count). The highest BCUT2D eigenvalue weighted by Gasteiger charge is 1.94. The minimum Gasteiger partial charge on any atom is -0.385 e. The maximum atomic E-state index is 5.35. The topological polar surface area (TPSA) is 24.9 Å². The summed E-state index contributed by atoms with van der Waals surface area (Å²) in [5.74, 6) is 2.63. The van der Waals surface area contributed by atoms with E-state index < -0.39 is 0 Å². The van der Waals surface area contributed by atoms with Gasteiger partial charge >= 0.3 is 0 Å². The van der Waals surface area contributed by atoms with E-state index in [1.54, 1.807) is 6.20 Å². The molecule has 0 unspecified atom stereocenters. The monoisotopic (exact) mass is 222 g/mol. The Morgan fingerprint density at radius 3 is 2.94 bits per heavy atom. The van der Waals surface area contributed by atoms with E-state index in [1.165, 1.54) is 5.56 Å². The Morgan fingerprint density at radius 1 is 1.24 bits per heavy atom. The molecular weight excluding hydrogens is 208 g/mol. The second kappa shape index (κ2) is 5.72. The van der Waals surface area contributed by atoms with Gasteiger partial charge in [-0.1, -0.05) is 18.1 Å². The van der Waals surface area contributed by atoms with Crippen molar-refractivity contribution < 1.29 is 0 Å². The Labute approximate surface area is 102 Å². The van der Waals surface area contributed by atoms with Gasteiger partial charge in [0.25, 0.3) is 0 Å². The van der Waals surface area contributed by atoms with Gasteiger partial charge in [-0.05, 0) is 36.2 Å². The average Bonchev–Trinajstić information content (AvgIpc) is 2.40. The number of pyridine rings is 1. The fourth-order valence-corrected chi connectivity index (χ4v) is 1.62. The lowest BCUT2D eigenvalue weighted by Gasteiger charge is -2.06. The zero-order valence-electron chi connectivity index (χ0n) is 9.56. The summed E-state index contributed by atoms with van der Waals surface area (Å²) in [6, 6.07) is 11.9. The number of hydrogen-bond acceptors (Lipinski definition) is 2. The van der Waals surface area contributed by atoms with Crippen LogP contribution in [0.25, 0.3) is 0 Å². The maximum absolute atomic E-state index is 5.35. The van der Waals surface area contributed by atoms with Crippen LogP contribution in [0.1, 0.15) is 11.1 Å². The lowest BCUT2D eigenvalue weighted by atomic mass is 10.2. The average molecular weight is 222 g/mol. The largest absolute Gasteiger partial charge is 0.385 e. The maximum Gasteiger partial charge on any atom is 0.0352 e. The number of benzene rings is 1. The Kier molecular flexibility index (Phi) is 3.77. The third kappa shape index (κ3) is 3.35. The molecule has 2 heteroatoms. The van der Waals surface area contributed by atoms with Gasteiger partial charge in [0.2, 0.25) is 0 Å². The zero-order chi connectivity index (χ0) is 11.9. The van der Waals surface area contributed by atoms with Crippen molar-refractivity contribution in [2.24, 2.45) is 0 Å². The van der Waals surface area contributed by atoms with E-state index in [9.17, 15) is 0 Å². The number of rotatable bonds is 4. The van der Waals surface area contributed by atoms with Crippen LogP contribution in [0.3, 0.4) is 0 Å². The van der Waals surface area contributed by atoms with Gasteiger partial charge in [-0.2, -0.15) is 0 Å². The Hall–Kier alpha value is -2.27. The van der Waals surface area contributed by atoms with E-state index in [-0.39, 0.29) is 0 Å². The summed E-state index contributed by atoms with van der Waals surface area (Å²) in [6.07, 6.45) is 9.98. The minimum absolute atomic E-state index is 0.875. The molecule has 0 atom stereocenters. The van der Waals surface area contributed by atoms with Gasteiger partial charge in [-0.25, -0.2) is 0 Å². The summed E-state index contributed by atoms with van der Waals surface area (Å²) < 4.78 is 0. The van der Waals surface area contributed by atoms with E-state index in [0.29, 0.717) is 0 Å². The van der Waals surface area contributed by atoms with Gasteiger partial charge < -0.3 is 5.32 Å². The highest BCUT2D eigenvalue weighted by molar-refractivity contribution is 5.49. The molecule has 0 aliphatic heterocycles. The van der Waals surface area contributed by atoms with Crippen LogP contribution in [0.2, 0.25) is 0 Å². The molecule has 0 spiro atoms. The van der Waals surface area contributed by atoms with E-state index in [0.717, 1.165) is 24.2 Å². The number of nitrogens with one attached hydrogen (secondary N) is 1. The van der Waals surface area contributed by atoms with Gasteiger partial charge in [0.15, 0.2) is 0 Å². The molecule has 2 nitrogen and oxygen atoms in total. The molecule has 1 aromatic carbocycles. The molecule has 17 heavy (non-hydrogen) atoms. The van der Waals surface area contributed by atoms with Crippen molar-refractivity contribution >= 4 is 5.69 Å². The van der Waals surface area contributed by atoms with E-state index in [2.05, 4.69) is 22.3 Å². The van der Waals surface area contributed by atoms with Crippen molar-refractivity contribution in [3.63, 3.8) is 0 Å². The number of aromatic nitrogens is 1. The van der Waals surface area contributed by atoms with Gasteiger partial charge in [0.05, 0.1) is 0 Å². The first-order valence-corrected chi connectivity index (χ1v) is 5.58. The van der Waals surface area contributed by atoms with Crippen molar-refractivity contribution in [2.75, 3.05) is 11.9 Å². The summed E-state index contributed by atoms with van der Waals surface area (Å²) in [5, 5.41) is 3.34. The Bertz CT molecular complexity index is 512. The molecule has 1 aromatic heterocycles.